The maximum atomic E-state index is 12.6. The smallest absolute Gasteiger partial charge is 0.257 e. The molecule has 0 bridgehead atoms. The van der Waals surface area contributed by atoms with Crippen LogP contribution in [0.3, 0.4) is 0 Å². The van der Waals surface area contributed by atoms with E-state index >= 15 is 0 Å². The minimum atomic E-state index is -0.110. The molecule has 1 saturated carbocycles. The summed E-state index contributed by atoms with van der Waals surface area (Å²) < 4.78 is 5.21. The molecule has 1 aliphatic rings. The van der Waals surface area contributed by atoms with Gasteiger partial charge < -0.3 is 9.84 Å². The molecular formula is C16H19N3O2. The Balaban J connectivity index is 1.84. The summed E-state index contributed by atoms with van der Waals surface area (Å²) in [5.74, 6) is 0.422. The van der Waals surface area contributed by atoms with Crippen LogP contribution in [0, 0.1) is 6.92 Å². The highest BCUT2D eigenvalue weighted by atomic mass is 16.5. The van der Waals surface area contributed by atoms with E-state index in [1.165, 1.54) is 19.3 Å². The third-order valence-corrected chi connectivity index (χ3v) is 3.94. The number of rotatable bonds is 3. The number of hydrogen-bond acceptors (Lipinski definition) is 4. The summed E-state index contributed by atoms with van der Waals surface area (Å²) in [4.78, 5) is 16.8. The predicted molar refractivity (Wildman–Crippen MR) is 78.8 cm³/mol. The molecule has 21 heavy (non-hydrogen) atoms. The van der Waals surface area contributed by atoms with Crippen molar-refractivity contribution in [2.75, 3.05) is 0 Å². The quantitative estimate of drug-likeness (QED) is 0.940. The second-order valence-electron chi connectivity index (χ2n) is 5.49. The summed E-state index contributed by atoms with van der Waals surface area (Å²) in [6.07, 6.45) is 7.41. The minimum absolute atomic E-state index is 0.110. The van der Waals surface area contributed by atoms with E-state index in [2.05, 4.69) is 15.5 Å². The Bertz CT molecular complexity index is 616. The molecule has 1 N–H and O–H groups in total. The molecule has 3 rings (SSSR count). The third-order valence-electron chi connectivity index (χ3n) is 3.94. The minimum Gasteiger partial charge on any atom is -0.360 e. The number of aryl methyl sites for hydroxylation is 1. The normalized spacial score (nSPS) is 15.9. The second kappa shape index (κ2) is 6.08. The van der Waals surface area contributed by atoms with Crippen molar-refractivity contribution >= 4 is 5.91 Å². The largest absolute Gasteiger partial charge is 0.360 e. The molecule has 0 radical (unpaired) electrons. The van der Waals surface area contributed by atoms with Crippen molar-refractivity contribution in [2.24, 2.45) is 0 Å². The van der Waals surface area contributed by atoms with Gasteiger partial charge in [0.05, 0.1) is 5.69 Å². The van der Waals surface area contributed by atoms with E-state index in [0.717, 1.165) is 12.8 Å². The SMILES string of the molecule is Cc1onc(-c2ccccn2)c1C(=O)NC1CCCCC1. The molecule has 0 atom stereocenters. The Hall–Kier alpha value is -2.17. The summed E-state index contributed by atoms with van der Waals surface area (Å²) in [5.41, 5.74) is 1.67. The van der Waals surface area contributed by atoms with Crippen molar-refractivity contribution in [1.82, 2.24) is 15.5 Å². The van der Waals surface area contributed by atoms with Crippen LogP contribution < -0.4 is 5.32 Å². The number of nitrogens with one attached hydrogen (secondary N) is 1. The zero-order chi connectivity index (χ0) is 14.7. The number of carbonyl (C=O) groups is 1. The Morgan fingerprint density at radius 3 is 2.81 bits per heavy atom. The van der Waals surface area contributed by atoms with Crippen LogP contribution in [0.4, 0.5) is 0 Å². The summed E-state index contributed by atoms with van der Waals surface area (Å²) in [6, 6.07) is 5.79. The molecule has 2 heterocycles. The van der Waals surface area contributed by atoms with Crippen molar-refractivity contribution in [3.8, 4) is 11.4 Å². The van der Waals surface area contributed by atoms with Gasteiger partial charge in [0.2, 0.25) is 0 Å². The van der Waals surface area contributed by atoms with Crippen LogP contribution >= 0.6 is 0 Å². The highest BCUT2D eigenvalue weighted by molar-refractivity contribution is 6.00. The molecule has 2 aromatic rings. The number of carbonyl (C=O) groups excluding carboxylic acids is 1. The van der Waals surface area contributed by atoms with Crippen LogP contribution in [0.2, 0.25) is 0 Å². The molecule has 1 fully saturated rings. The highest BCUT2D eigenvalue weighted by Gasteiger charge is 2.24. The molecule has 1 aliphatic carbocycles. The zero-order valence-electron chi connectivity index (χ0n) is 12.1. The molecule has 0 unspecified atom stereocenters. The summed E-state index contributed by atoms with van der Waals surface area (Å²) >= 11 is 0. The van der Waals surface area contributed by atoms with E-state index in [-0.39, 0.29) is 11.9 Å². The van der Waals surface area contributed by atoms with Gasteiger partial charge in [-0.05, 0) is 31.9 Å². The Morgan fingerprint density at radius 2 is 2.10 bits per heavy atom. The number of aromatic nitrogens is 2. The van der Waals surface area contributed by atoms with E-state index in [4.69, 9.17) is 4.52 Å². The van der Waals surface area contributed by atoms with Crippen molar-refractivity contribution < 1.29 is 9.32 Å². The number of nitrogens with zero attached hydrogens (tertiary/aromatic N) is 2. The van der Waals surface area contributed by atoms with Gasteiger partial charge in [-0.15, -0.1) is 0 Å². The van der Waals surface area contributed by atoms with Gasteiger partial charge in [0.25, 0.3) is 5.91 Å². The molecule has 110 valence electrons. The van der Waals surface area contributed by atoms with Gasteiger partial charge in [-0.1, -0.05) is 30.5 Å². The zero-order valence-corrected chi connectivity index (χ0v) is 12.1. The number of amides is 1. The van der Waals surface area contributed by atoms with E-state index in [1.54, 1.807) is 13.1 Å². The van der Waals surface area contributed by atoms with Crippen LogP contribution in [-0.2, 0) is 0 Å². The lowest BCUT2D eigenvalue weighted by Gasteiger charge is -2.22. The third kappa shape index (κ3) is 2.96. The van der Waals surface area contributed by atoms with Gasteiger partial charge in [0.15, 0.2) is 0 Å². The van der Waals surface area contributed by atoms with E-state index in [0.29, 0.717) is 22.7 Å². The fraction of sp³-hybridized carbons (Fsp3) is 0.438. The fourth-order valence-electron chi connectivity index (χ4n) is 2.82. The average molecular weight is 285 g/mol. The first-order valence-corrected chi connectivity index (χ1v) is 7.44. The van der Waals surface area contributed by atoms with Crippen LogP contribution in [0.5, 0.6) is 0 Å². The van der Waals surface area contributed by atoms with Gasteiger partial charge in [0.1, 0.15) is 17.0 Å². The lowest BCUT2D eigenvalue weighted by atomic mass is 9.95. The molecule has 2 aromatic heterocycles. The Morgan fingerprint density at radius 1 is 1.29 bits per heavy atom. The molecule has 1 amide bonds. The first-order chi connectivity index (χ1) is 10.3. The summed E-state index contributed by atoms with van der Waals surface area (Å²) in [7, 11) is 0. The van der Waals surface area contributed by atoms with Crippen LogP contribution in [0.1, 0.15) is 48.2 Å². The molecule has 0 aromatic carbocycles. The van der Waals surface area contributed by atoms with Crippen LogP contribution in [0.25, 0.3) is 11.4 Å². The average Bonchev–Trinajstić information content (AvgIpc) is 2.91. The summed E-state index contributed by atoms with van der Waals surface area (Å²) in [6.45, 7) is 1.76. The molecular weight excluding hydrogens is 266 g/mol. The number of hydrogen-bond donors (Lipinski definition) is 1. The van der Waals surface area contributed by atoms with Gasteiger partial charge in [0, 0.05) is 12.2 Å². The van der Waals surface area contributed by atoms with Gasteiger partial charge in [-0.25, -0.2) is 0 Å². The van der Waals surface area contributed by atoms with Gasteiger partial charge in [-0.2, -0.15) is 0 Å². The fourth-order valence-corrected chi connectivity index (χ4v) is 2.82. The van der Waals surface area contributed by atoms with Crippen LogP contribution in [0.15, 0.2) is 28.9 Å². The Labute approximate surface area is 123 Å². The first-order valence-electron chi connectivity index (χ1n) is 7.44. The predicted octanol–water partition coefficient (Wildman–Crippen LogP) is 3.11. The van der Waals surface area contributed by atoms with E-state index in [1.807, 2.05) is 18.2 Å². The van der Waals surface area contributed by atoms with Crippen molar-refractivity contribution in [2.45, 2.75) is 45.1 Å². The monoisotopic (exact) mass is 285 g/mol. The van der Waals surface area contributed by atoms with Gasteiger partial charge >= 0.3 is 0 Å². The van der Waals surface area contributed by atoms with Crippen LogP contribution in [-0.4, -0.2) is 22.1 Å². The topological polar surface area (TPSA) is 68.0 Å². The maximum absolute atomic E-state index is 12.6. The Kier molecular flexibility index (Phi) is 3.99. The standard InChI is InChI=1S/C16H19N3O2/c1-11-14(16(20)18-12-7-3-2-4-8-12)15(19-21-11)13-9-5-6-10-17-13/h5-6,9-10,12H,2-4,7-8H2,1H3,(H,18,20). The number of pyridine rings is 1. The molecule has 0 spiro atoms. The summed E-state index contributed by atoms with van der Waals surface area (Å²) in [5, 5.41) is 7.11. The van der Waals surface area contributed by atoms with Crippen molar-refractivity contribution in [3.05, 3.63) is 35.7 Å². The van der Waals surface area contributed by atoms with Gasteiger partial charge in [-0.3, -0.25) is 9.78 Å². The first kappa shape index (κ1) is 13.8. The van der Waals surface area contributed by atoms with Crippen molar-refractivity contribution in [1.29, 1.82) is 0 Å². The maximum Gasteiger partial charge on any atom is 0.257 e. The molecule has 0 aliphatic heterocycles. The highest BCUT2D eigenvalue weighted by Crippen LogP contribution is 2.24. The van der Waals surface area contributed by atoms with Crippen molar-refractivity contribution in [3.63, 3.8) is 0 Å². The van der Waals surface area contributed by atoms with E-state index in [9.17, 15) is 4.79 Å². The lowest BCUT2D eigenvalue weighted by Crippen LogP contribution is -2.36. The second-order valence-corrected chi connectivity index (χ2v) is 5.49. The lowest BCUT2D eigenvalue weighted by molar-refractivity contribution is 0.0926. The molecule has 5 nitrogen and oxygen atoms in total. The molecule has 0 saturated heterocycles. The van der Waals surface area contributed by atoms with E-state index < -0.39 is 0 Å². The molecule has 5 heteroatoms.